The van der Waals surface area contributed by atoms with Crippen LogP contribution in [0, 0.1) is 0 Å². The second-order valence-electron chi connectivity index (χ2n) is 4.88. The predicted molar refractivity (Wildman–Crippen MR) is 71.5 cm³/mol. The van der Waals surface area contributed by atoms with Gasteiger partial charge in [0.25, 0.3) is 5.91 Å². The highest BCUT2D eigenvalue weighted by Crippen LogP contribution is 2.36. The van der Waals surface area contributed by atoms with E-state index in [4.69, 9.17) is 4.74 Å². The van der Waals surface area contributed by atoms with Gasteiger partial charge in [-0.25, -0.2) is 0 Å². The van der Waals surface area contributed by atoms with Gasteiger partial charge in [0, 0.05) is 31.3 Å². The molecule has 5 heteroatoms. The number of carbonyl (C=O) groups is 1. The molecule has 0 radical (unpaired) electrons. The number of ether oxygens (including phenoxy) is 1. The molecule has 5 nitrogen and oxygen atoms in total. The highest BCUT2D eigenvalue weighted by atomic mass is 16.5. The lowest BCUT2D eigenvalue weighted by Crippen LogP contribution is -2.36. The largest absolute Gasteiger partial charge is 0.504 e. The van der Waals surface area contributed by atoms with Gasteiger partial charge in [-0.05, 0) is 18.9 Å². The Morgan fingerprint density at radius 3 is 3.11 bits per heavy atom. The SMILES string of the molecule is COc1cc2c(cc1O)N=CCC1CCCN1C2=O. The number of aliphatic imine (C=N–C) groups is 1. The molecule has 19 heavy (non-hydrogen) atoms. The van der Waals surface area contributed by atoms with Crippen molar-refractivity contribution in [1.82, 2.24) is 4.90 Å². The summed E-state index contributed by atoms with van der Waals surface area (Å²) in [6.07, 6.45) is 4.68. The van der Waals surface area contributed by atoms with Crippen LogP contribution in [0.5, 0.6) is 11.5 Å². The predicted octanol–water partition coefficient (Wildman–Crippen LogP) is 2.11. The van der Waals surface area contributed by atoms with Gasteiger partial charge < -0.3 is 14.7 Å². The van der Waals surface area contributed by atoms with Crippen molar-refractivity contribution in [3.8, 4) is 11.5 Å². The van der Waals surface area contributed by atoms with E-state index in [1.807, 2.05) is 11.1 Å². The molecule has 0 aromatic heterocycles. The Labute approximate surface area is 111 Å². The minimum Gasteiger partial charge on any atom is -0.504 e. The van der Waals surface area contributed by atoms with Crippen LogP contribution in [0.4, 0.5) is 5.69 Å². The van der Waals surface area contributed by atoms with E-state index in [-0.39, 0.29) is 17.7 Å². The number of phenols is 1. The molecule has 1 amide bonds. The molecule has 1 N–H and O–H groups in total. The van der Waals surface area contributed by atoms with Gasteiger partial charge in [-0.1, -0.05) is 0 Å². The second-order valence-corrected chi connectivity index (χ2v) is 4.88. The molecule has 1 fully saturated rings. The lowest BCUT2D eigenvalue weighted by atomic mass is 10.1. The Bertz CT molecular complexity index is 554. The average molecular weight is 260 g/mol. The normalized spacial score (nSPS) is 21.6. The van der Waals surface area contributed by atoms with E-state index in [0.717, 1.165) is 25.8 Å². The van der Waals surface area contributed by atoms with Crippen molar-refractivity contribution < 1.29 is 14.6 Å². The van der Waals surface area contributed by atoms with E-state index in [1.165, 1.54) is 13.2 Å². The third kappa shape index (κ3) is 1.95. The fourth-order valence-electron chi connectivity index (χ4n) is 2.77. The van der Waals surface area contributed by atoms with Crippen LogP contribution in [0.3, 0.4) is 0 Å². The van der Waals surface area contributed by atoms with Crippen LogP contribution >= 0.6 is 0 Å². The van der Waals surface area contributed by atoms with E-state index < -0.39 is 0 Å². The minimum absolute atomic E-state index is 0.00439. The van der Waals surface area contributed by atoms with E-state index in [9.17, 15) is 9.90 Å². The monoisotopic (exact) mass is 260 g/mol. The number of fused-ring (bicyclic) bond motifs is 2. The quantitative estimate of drug-likeness (QED) is 0.841. The van der Waals surface area contributed by atoms with Crippen molar-refractivity contribution in [3.63, 3.8) is 0 Å². The molecule has 1 aromatic carbocycles. The van der Waals surface area contributed by atoms with Gasteiger partial charge in [-0.15, -0.1) is 0 Å². The third-order valence-corrected chi connectivity index (χ3v) is 3.77. The first-order valence-electron chi connectivity index (χ1n) is 6.45. The standard InChI is InChI=1S/C14H16N2O3/c1-19-13-7-10-11(8-12(13)17)15-5-4-9-3-2-6-16(9)14(10)18/h5,7-9,17H,2-4,6H2,1H3. The molecule has 3 rings (SSSR count). The molecule has 1 saturated heterocycles. The molecule has 1 unspecified atom stereocenters. The summed E-state index contributed by atoms with van der Waals surface area (Å²) in [5, 5.41) is 9.78. The maximum absolute atomic E-state index is 12.6. The van der Waals surface area contributed by atoms with Crippen LogP contribution in [0.15, 0.2) is 17.1 Å². The van der Waals surface area contributed by atoms with Gasteiger partial charge in [-0.3, -0.25) is 9.79 Å². The number of phenolic OH excluding ortho intramolecular Hbond substituents is 1. The molecule has 100 valence electrons. The first kappa shape index (κ1) is 12.0. The zero-order valence-electron chi connectivity index (χ0n) is 10.8. The highest BCUT2D eigenvalue weighted by molar-refractivity contribution is 6.01. The topological polar surface area (TPSA) is 62.1 Å². The van der Waals surface area contributed by atoms with Crippen LogP contribution in [-0.2, 0) is 0 Å². The number of rotatable bonds is 1. The summed E-state index contributed by atoms with van der Waals surface area (Å²) >= 11 is 0. The lowest BCUT2D eigenvalue weighted by molar-refractivity contribution is 0.0740. The number of hydrogen-bond acceptors (Lipinski definition) is 4. The number of nitrogens with zero attached hydrogens (tertiary/aromatic N) is 2. The van der Waals surface area contributed by atoms with Crippen LogP contribution in [0.25, 0.3) is 0 Å². The minimum atomic E-state index is -0.0207. The Balaban J connectivity index is 2.11. The van der Waals surface area contributed by atoms with Gasteiger partial charge in [0.2, 0.25) is 0 Å². The summed E-state index contributed by atoms with van der Waals surface area (Å²) in [4.78, 5) is 18.8. The first-order valence-corrected chi connectivity index (χ1v) is 6.45. The van der Waals surface area contributed by atoms with Gasteiger partial charge >= 0.3 is 0 Å². The number of amides is 1. The maximum atomic E-state index is 12.6. The van der Waals surface area contributed by atoms with Gasteiger partial charge in [0.15, 0.2) is 11.5 Å². The van der Waals surface area contributed by atoms with E-state index >= 15 is 0 Å². The lowest BCUT2D eigenvalue weighted by Gasteiger charge is -2.26. The molecule has 0 aliphatic carbocycles. The van der Waals surface area contributed by atoms with Crippen molar-refractivity contribution in [2.45, 2.75) is 25.3 Å². The fraction of sp³-hybridized carbons (Fsp3) is 0.429. The van der Waals surface area contributed by atoms with Crippen molar-refractivity contribution in [3.05, 3.63) is 17.7 Å². The van der Waals surface area contributed by atoms with E-state index in [0.29, 0.717) is 17.0 Å². The van der Waals surface area contributed by atoms with Crippen LogP contribution in [-0.4, -0.2) is 41.8 Å². The van der Waals surface area contributed by atoms with Crippen molar-refractivity contribution in [1.29, 1.82) is 0 Å². The summed E-state index contributed by atoms with van der Waals surface area (Å²) in [7, 11) is 1.47. The molecule has 2 aliphatic rings. The van der Waals surface area contributed by atoms with E-state index in [2.05, 4.69) is 4.99 Å². The van der Waals surface area contributed by atoms with Gasteiger partial charge in [0.1, 0.15) is 0 Å². The highest BCUT2D eigenvalue weighted by Gasteiger charge is 2.31. The Hall–Kier alpha value is -2.04. The molecular formula is C14H16N2O3. The zero-order chi connectivity index (χ0) is 13.4. The average Bonchev–Trinajstić information content (AvgIpc) is 2.85. The molecule has 0 saturated carbocycles. The maximum Gasteiger partial charge on any atom is 0.256 e. The number of aromatic hydroxyl groups is 1. The molecule has 1 atom stereocenters. The Morgan fingerprint density at radius 2 is 2.32 bits per heavy atom. The third-order valence-electron chi connectivity index (χ3n) is 3.77. The molecular weight excluding hydrogens is 244 g/mol. The Morgan fingerprint density at radius 1 is 1.47 bits per heavy atom. The summed E-state index contributed by atoms with van der Waals surface area (Å²) in [5.41, 5.74) is 1.01. The summed E-state index contributed by atoms with van der Waals surface area (Å²) in [6, 6.07) is 3.31. The molecule has 2 heterocycles. The number of methoxy groups -OCH3 is 1. The summed E-state index contributed by atoms with van der Waals surface area (Å²) in [6.45, 7) is 0.792. The number of benzene rings is 1. The van der Waals surface area contributed by atoms with Crippen molar-refractivity contribution in [2.24, 2.45) is 4.99 Å². The molecule has 1 aromatic rings. The molecule has 0 spiro atoms. The van der Waals surface area contributed by atoms with Crippen molar-refractivity contribution >= 4 is 17.8 Å². The van der Waals surface area contributed by atoms with Crippen LogP contribution in [0.2, 0.25) is 0 Å². The van der Waals surface area contributed by atoms with Crippen molar-refractivity contribution in [2.75, 3.05) is 13.7 Å². The summed E-state index contributed by atoms with van der Waals surface area (Å²) in [5.74, 6) is 0.288. The zero-order valence-corrected chi connectivity index (χ0v) is 10.8. The molecule has 0 bridgehead atoms. The number of hydrogen-bond donors (Lipinski definition) is 1. The van der Waals surface area contributed by atoms with Crippen LogP contribution in [0.1, 0.15) is 29.6 Å². The van der Waals surface area contributed by atoms with Gasteiger partial charge in [-0.2, -0.15) is 0 Å². The smallest absolute Gasteiger partial charge is 0.256 e. The molecule has 2 aliphatic heterocycles. The van der Waals surface area contributed by atoms with E-state index in [1.54, 1.807) is 6.07 Å². The first-order chi connectivity index (χ1) is 9.20. The van der Waals surface area contributed by atoms with Crippen LogP contribution < -0.4 is 4.74 Å². The Kier molecular flexibility index (Phi) is 2.89. The summed E-state index contributed by atoms with van der Waals surface area (Å²) < 4.78 is 5.07. The second kappa shape index (κ2) is 4.57. The van der Waals surface area contributed by atoms with Gasteiger partial charge in [0.05, 0.1) is 18.4 Å². The fourth-order valence-corrected chi connectivity index (χ4v) is 2.77. The number of carbonyl (C=O) groups excluding carboxylic acids is 1.